The van der Waals surface area contributed by atoms with Crippen LogP contribution in [-0.4, -0.2) is 22.7 Å². The lowest BCUT2D eigenvalue weighted by atomic mass is 10.1. The quantitative estimate of drug-likeness (QED) is 0.818. The Bertz CT molecular complexity index is 524. The molecule has 0 aliphatic heterocycles. The maximum atomic E-state index is 11.4. The highest BCUT2D eigenvalue weighted by molar-refractivity contribution is 5.83. The van der Waals surface area contributed by atoms with E-state index >= 15 is 0 Å². The molecule has 6 nitrogen and oxygen atoms in total. The first-order valence-electron chi connectivity index (χ1n) is 5.53. The number of nitrogens with zero attached hydrogens (tertiary/aromatic N) is 2. The summed E-state index contributed by atoms with van der Waals surface area (Å²) in [4.78, 5) is 15.3. The zero-order chi connectivity index (χ0) is 13.0. The van der Waals surface area contributed by atoms with Gasteiger partial charge in [0.05, 0.1) is 12.6 Å². The Balaban J connectivity index is 2.17. The second-order valence-corrected chi connectivity index (χ2v) is 3.57. The van der Waals surface area contributed by atoms with Crippen molar-refractivity contribution >= 4 is 5.97 Å². The van der Waals surface area contributed by atoms with Gasteiger partial charge < -0.3 is 15.0 Å². The summed E-state index contributed by atoms with van der Waals surface area (Å²) in [5.41, 5.74) is 6.81. The Morgan fingerprint density at radius 2 is 2.17 bits per heavy atom. The van der Waals surface area contributed by atoms with Gasteiger partial charge in [0.1, 0.15) is 0 Å². The van der Waals surface area contributed by atoms with Crippen LogP contribution < -0.4 is 5.73 Å². The molecule has 0 bridgehead atoms. The molecule has 0 spiro atoms. The summed E-state index contributed by atoms with van der Waals surface area (Å²) in [5.74, 6) is -0.570. The van der Waals surface area contributed by atoms with Crippen molar-refractivity contribution in [2.75, 3.05) is 6.61 Å². The van der Waals surface area contributed by atoms with Crippen molar-refractivity contribution in [3.8, 4) is 0 Å². The molecule has 2 aromatic rings. The summed E-state index contributed by atoms with van der Waals surface area (Å²) >= 11 is 0. The number of benzene rings is 1. The fraction of sp³-hybridized carbons (Fsp3) is 0.250. The molecule has 1 atom stereocenters. The maximum Gasteiger partial charge on any atom is 0.397 e. The van der Waals surface area contributed by atoms with Crippen molar-refractivity contribution in [2.45, 2.75) is 13.0 Å². The number of ether oxygens (including phenoxy) is 1. The van der Waals surface area contributed by atoms with E-state index in [1.165, 1.54) is 0 Å². The number of hydrogen-bond acceptors (Lipinski definition) is 6. The van der Waals surface area contributed by atoms with E-state index in [1.807, 2.05) is 30.3 Å². The number of nitrogens with two attached hydrogens (primary N) is 1. The second-order valence-electron chi connectivity index (χ2n) is 3.57. The van der Waals surface area contributed by atoms with Crippen LogP contribution in [0.2, 0.25) is 0 Å². The largest absolute Gasteiger partial charge is 0.459 e. The molecule has 0 aliphatic carbocycles. The lowest BCUT2D eigenvalue weighted by Crippen LogP contribution is -2.14. The summed E-state index contributed by atoms with van der Waals surface area (Å²) < 4.78 is 9.56. The average Bonchev–Trinajstić information content (AvgIpc) is 2.89. The van der Waals surface area contributed by atoms with Crippen molar-refractivity contribution in [3.05, 3.63) is 47.6 Å². The molecular formula is C12H13N3O3. The van der Waals surface area contributed by atoms with Crippen molar-refractivity contribution in [1.82, 2.24) is 10.1 Å². The van der Waals surface area contributed by atoms with E-state index in [2.05, 4.69) is 10.1 Å². The Morgan fingerprint density at radius 1 is 1.44 bits per heavy atom. The van der Waals surface area contributed by atoms with Crippen molar-refractivity contribution < 1.29 is 14.1 Å². The van der Waals surface area contributed by atoms with Crippen LogP contribution in [0.5, 0.6) is 0 Å². The molecular weight excluding hydrogens is 234 g/mol. The highest BCUT2D eigenvalue weighted by atomic mass is 16.6. The molecule has 0 saturated carbocycles. The minimum Gasteiger partial charge on any atom is -0.459 e. The molecule has 0 radical (unpaired) electrons. The van der Waals surface area contributed by atoms with Crippen LogP contribution >= 0.6 is 0 Å². The predicted octanol–water partition coefficient (Wildman–Crippen LogP) is 1.29. The van der Waals surface area contributed by atoms with Crippen LogP contribution in [0.1, 0.15) is 35.0 Å². The number of hydrogen-bond donors (Lipinski definition) is 1. The Labute approximate surface area is 104 Å². The SMILES string of the molecule is CCOC(=O)c1nc(C(N)c2ccccc2)no1. The average molecular weight is 247 g/mol. The first-order valence-corrected chi connectivity index (χ1v) is 5.53. The molecule has 0 aliphatic rings. The first kappa shape index (κ1) is 12.3. The molecule has 2 N–H and O–H groups in total. The molecule has 6 heteroatoms. The van der Waals surface area contributed by atoms with Crippen LogP contribution in [-0.2, 0) is 4.74 Å². The Hall–Kier alpha value is -2.21. The van der Waals surface area contributed by atoms with E-state index in [1.54, 1.807) is 6.92 Å². The summed E-state index contributed by atoms with van der Waals surface area (Å²) in [6.45, 7) is 1.95. The monoisotopic (exact) mass is 247 g/mol. The van der Waals surface area contributed by atoms with Gasteiger partial charge in [0.15, 0.2) is 5.82 Å². The van der Waals surface area contributed by atoms with E-state index in [0.29, 0.717) is 0 Å². The lowest BCUT2D eigenvalue weighted by Gasteiger charge is -2.05. The first-order chi connectivity index (χ1) is 8.72. The van der Waals surface area contributed by atoms with Gasteiger partial charge in [0.2, 0.25) is 0 Å². The minimum atomic E-state index is -0.642. The number of carbonyl (C=O) groups excluding carboxylic acids is 1. The van der Waals surface area contributed by atoms with Crippen LogP contribution in [0.15, 0.2) is 34.9 Å². The summed E-state index contributed by atoms with van der Waals surface area (Å²) in [7, 11) is 0. The highest BCUT2D eigenvalue weighted by Crippen LogP contribution is 2.16. The van der Waals surface area contributed by atoms with E-state index in [9.17, 15) is 4.79 Å². The molecule has 0 amide bonds. The zero-order valence-electron chi connectivity index (χ0n) is 9.87. The summed E-state index contributed by atoms with van der Waals surface area (Å²) in [6.07, 6.45) is 0. The van der Waals surface area contributed by atoms with Gasteiger partial charge in [-0.2, -0.15) is 4.98 Å². The number of rotatable bonds is 4. The topological polar surface area (TPSA) is 91.2 Å². The maximum absolute atomic E-state index is 11.4. The molecule has 0 fully saturated rings. The van der Waals surface area contributed by atoms with E-state index in [-0.39, 0.29) is 18.3 Å². The minimum absolute atomic E-state index is 0.182. The molecule has 18 heavy (non-hydrogen) atoms. The zero-order valence-corrected chi connectivity index (χ0v) is 9.87. The number of aromatic nitrogens is 2. The second kappa shape index (κ2) is 5.42. The molecule has 1 aromatic heterocycles. The molecule has 94 valence electrons. The van der Waals surface area contributed by atoms with Gasteiger partial charge in [-0.25, -0.2) is 4.79 Å². The van der Waals surface area contributed by atoms with E-state index in [4.69, 9.17) is 15.0 Å². The van der Waals surface area contributed by atoms with Crippen molar-refractivity contribution in [1.29, 1.82) is 0 Å². The lowest BCUT2D eigenvalue weighted by molar-refractivity contribution is 0.0470. The summed E-state index contributed by atoms with van der Waals surface area (Å²) in [6, 6.07) is 8.79. The predicted molar refractivity (Wildman–Crippen MR) is 62.7 cm³/mol. The molecule has 1 heterocycles. The number of carbonyl (C=O) groups is 1. The molecule has 0 saturated heterocycles. The third-order valence-electron chi connectivity index (χ3n) is 2.33. The van der Waals surface area contributed by atoms with Gasteiger partial charge in [-0.05, 0) is 12.5 Å². The van der Waals surface area contributed by atoms with Gasteiger partial charge in [0.25, 0.3) is 0 Å². The van der Waals surface area contributed by atoms with Crippen LogP contribution in [0.4, 0.5) is 0 Å². The van der Waals surface area contributed by atoms with Gasteiger partial charge in [-0.1, -0.05) is 35.5 Å². The standard InChI is InChI=1S/C12H13N3O3/c1-2-17-12(16)11-14-10(15-18-11)9(13)8-6-4-3-5-7-8/h3-7,9H,2,13H2,1H3. The molecule has 2 rings (SSSR count). The third-order valence-corrected chi connectivity index (χ3v) is 2.33. The Morgan fingerprint density at radius 3 is 2.83 bits per heavy atom. The van der Waals surface area contributed by atoms with Crippen molar-refractivity contribution in [3.63, 3.8) is 0 Å². The smallest absolute Gasteiger partial charge is 0.397 e. The van der Waals surface area contributed by atoms with Crippen molar-refractivity contribution in [2.24, 2.45) is 5.73 Å². The molecule has 1 aromatic carbocycles. The van der Waals surface area contributed by atoms with E-state index < -0.39 is 12.0 Å². The number of esters is 1. The van der Waals surface area contributed by atoms with Gasteiger partial charge in [0, 0.05) is 0 Å². The fourth-order valence-corrected chi connectivity index (χ4v) is 1.45. The van der Waals surface area contributed by atoms with Gasteiger partial charge >= 0.3 is 11.9 Å². The van der Waals surface area contributed by atoms with E-state index in [0.717, 1.165) is 5.56 Å². The van der Waals surface area contributed by atoms with Gasteiger partial charge in [-0.15, -0.1) is 0 Å². The van der Waals surface area contributed by atoms with Crippen LogP contribution in [0.25, 0.3) is 0 Å². The third kappa shape index (κ3) is 2.54. The van der Waals surface area contributed by atoms with Crippen LogP contribution in [0.3, 0.4) is 0 Å². The van der Waals surface area contributed by atoms with Crippen LogP contribution in [0, 0.1) is 0 Å². The summed E-state index contributed by atoms with van der Waals surface area (Å²) in [5, 5.41) is 3.68. The normalized spacial score (nSPS) is 12.1. The van der Waals surface area contributed by atoms with Gasteiger partial charge in [-0.3, -0.25) is 0 Å². The molecule has 1 unspecified atom stereocenters. The highest BCUT2D eigenvalue weighted by Gasteiger charge is 2.20. The fourth-order valence-electron chi connectivity index (χ4n) is 1.45. The Kier molecular flexibility index (Phi) is 3.69.